The van der Waals surface area contributed by atoms with Crippen molar-refractivity contribution in [1.82, 2.24) is 0 Å². The van der Waals surface area contributed by atoms with Gasteiger partial charge in [0.1, 0.15) is 11.2 Å². The lowest BCUT2D eigenvalue weighted by atomic mass is 9.84. The number of hydrogen-bond acceptors (Lipinski definition) is 1. The van der Waals surface area contributed by atoms with Crippen LogP contribution in [0.2, 0.25) is 0 Å². The van der Waals surface area contributed by atoms with E-state index in [2.05, 4.69) is 176 Å². The summed E-state index contributed by atoms with van der Waals surface area (Å²) < 4.78 is 6.35. The summed E-state index contributed by atoms with van der Waals surface area (Å²) in [4.78, 5) is 0. The van der Waals surface area contributed by atoms with Gasteiger partial charge in [-0.3, -0.25) is 0 Å². The van der Waals surface area contributed by atoms with Crippen molar-refractivity contribution < 1.29 is 4.42 Å². The zero-order chi connectivity index (χ0) is 33.5. The third-order valence-corrected chi connectivity index (χ3v) is 10.8. The van der Waals surface area contributed by atoms with E-state index in [4.69, 9.17) is 4.42 Å². The summed E-state index contributed by atoms with van der Waals surface area (Å²) >= 11 is 0. The van der Waals surface area contributed by atoms with Crippen LogP contribution in [0.1, 0.15) is 0 Å². The van der Waals surface area contributed by atoms with E-state index in [-0.39, 0.29) is 0 Å². The van der Waals surface area contributed by atoms with Gasteiger partial charge >= 0.3 is 0 Å². The molecule has 1 heteroatoms. The first kappa shape index (κ1) is 28.2. The predicted molar refractivity (Wildman–Crippen MR) is 218 cm³/mol. The summed E-state index contributed by atoms with van der Waals surface area (Å²) in [7, 11) is 0. The van der Waals surface area contributed by atoms with E-state index in [0.29, 0.717) is 0 Å². The molecule has 11 aromatic rings. The molecule has 0 spiro atoms. The predicted octanol–water partition coefficient (Wildman–Crippen LogP) is 14.4. The molecule has 0 radical (unpaired) electrons. The van der Waals surface area contributed by atoms with Gasteiger partial charge in [0.15, 0.2) is 0 Å². The third kappa shape index (κ3) is 4.22. The molecule has 0 aliphatic carbocycles. The molecule has 0 bridgehead atoms. The molecule has 236 valence electrons. The number of rotatable bonds is 3. The second-order valence-corrected chi connectivity index (χ2v) is 13.6. The molecule has 0 amide bonds. The molecule has 0 aliphatic heterocycles. The maximum atomic E-state index is 6.35. The molecule has 0 aliphatic rings. The standard InChI is InChI=1S/C50H30O/c1-2-13-31(14-3-1)32-15-12-16-33(27-32)49-39-20-6-8-22-41(39)50(42-23-9-7-21-40(42)49)34-25-26-37-43(28-34)35-17-4-5-18-36(35)45-30-48-46(29-44(37)45)38-19-10-11-24-47(38)51-48/h1-30H. The molecular formula is C50H30O. The van der Waals surface area contributed by atoms with Crippen LogP contribution in [0.15, 0.2) is 186 Å². The molecule has 0 unspecified atom stereocenters. The quantitative estimate of drug-likeness (QED) is 0.138. The Morgan fingerprint density at radius 1 is 0.216 bits per heavy atom. The van der Waals surface area contributed by atoms with Crippen LogP contribution >= 0.6 is 0 Å². The van der Waals surface area contributed by atoms with Crippen molar-refractivity contribution in [3.63, 3.8) is 0 Å². The monoisotopic (exact) mass is 646 g/mol. The average molecular weight is 647 g/mol. The largest absolute Gasteiger partial charge is 0.456 e. The Balaban J connectivity index is 1.20. The van der Waals surface area contributed by atoms with Crippen LogP contribution in [0.25, 0.3) is 109 Å². The first-order valence-electron chi connectivity index (χ1n) is 17.6. The first-order chi connectivity index (χ1) is 25.3. The number of para-hydroxylation sites is 1. The number of hydrogen-bond donors (Lipinski definition) is 0. The fourth-order valence-electron chi connectivity index (χ4n) is 8.56. The van der Waals surface area contributed by atoms with Crippen LogP contribution < -0.4 is 0 Å². The van der Waals surface area contributed by atoms with E-state index in [0.717, 1.165) is 21.9 Å². The van der Waals surface area contributed by atoms with Crippen molar-refractivity contribution in [2.75, 3.05) is 0 Å². The van der Waals surface area contributed by atoms with Gasteiger partial charge in [-0.05, 0) is 118 Å². The highest BCUT2D eigenvalue weighted by Crippen LogP contribution is 2.46. The van der Waals surface area contributed by atoms with E-state index in [1.54, 1.807) is 0 Å². The maximum absolute atomic E-state index is 6.35. The molecule has 0 saturated carbocycles. The van der Waals surface area contributed by atoms with Gasteiger partial charge in [-0.1, -0.05) is 152 Å². The zero-order valence-corrected chi connectivity index (χ0v) is 27.7. The van der Waals surface area contributed by atoms with Crippen LogP contribution in [0.5, 0.6) is 0 Å². The Morgan fingerprint density at radius 3 is 1.35 bits per heavy atom. The highest BCUT2D eigenvalue weighted by Gasteiger charge is 2.19. The van der Waals surface area contributed by atoms with Crippen molar-refractivity contribution in [1.29, 1.82) is 0 Å². The topological polar surface area (TPSA) is 13.1 Å². The third-order valence-electron chi connectivity index (χ3n) is 10.8. The minimum Gasteiger partial charge on any atom is -0.456 e. The lowest BCUT2D eigenvalue weighted by Gasteiger charge is -2.19. The van der Waals surface area contributed by atoms with Crippen LogP contribution in [0, 0.1) is 0 Å². The van der Waals surface area contributed by atoms with Crippen LogP contribution in [-0.2, 0) is 0 Å². The zero-order valence-electron chi connectivity index (χ0n) is 27.7. The molecule has 1 heterocycles. The fraction of sp³-hybridized carbons (Fsp3) is 0. The molecule has 10 aromatic carbocycles. The highest BCUT2D eigenvalue weighted by molar-refractivity contribution is 6.29. The highest BCUT2D eigenvalue weighted by atomic mass is 16.3. The molecule has 0 fully saturated rings. The second-order valence-electron chi connectivity index (χ2n) is 13.6. The Labute approximate surface area is 294 Å². The smallest absolute Gasteiger partial charge is 0.136 e. The normalized spacial score (nSPS) is 11.9. The van der Waals surface area contributed by atoms with Gasteiger partial charge < -0.3 is 4.42 Å². The van der Waals surface area contributed by atoms with E-state index in [1.807, 2.05) is 6.07 Å². The van der Waals surface area contributed by atoms with Gasteiger partial charge in [0.2, 0.25) is 0 Å². The van der Waals surface area contributed by atoms with Gasteiger partial charge in [0.25, 0.3) is 0 Å². The van der Waals surface area contributed by atoms with E-state index in [1.165, 1.54) is 87.2 Å². The Morgan fingerprint density at radius 2 is 0.686 bits per heavy atom. The summed E-state index contributed by atoms with van der Waals surface area (Å²) in [6.45, 7) is 0. The lowest BCUT2D eigenvalue weighted by Crippen LogP contribution is -1.92. The SMILES string of the molecule is c1ccc(-c2cccc(-c3c4ccccc4c(-c4ccc5c(c4)c4ccccc4c4cc6oc7ccccc7c6cc54)c4ccccc34)c2)cc1. The Bertz CT molecular complexity index is 3130. The summed E-state index contributed by atoms with van der Waals surface area (Å²) in [6, 6.07) is 66.4. The van der Waals surface area contributed by atoms with Crippen LogP contribution in [0.4, 0.5) is 0 Å². The van der Waals surface area contributed by atoms with Gasteiger partial charge in [-0.15, -0.1) is 0 Å². The lowest BCUT2D eigenvalue weighted by molar-refractivity contribution is 0.669. The van der Waals surface area contributed by atoms with Crippen LogP contribution in [-0.4, -0.2) is 0 Å². The van der Waals surface area contributed by atoms with Crippen molar-refractivity contribution in [2.24, 2.45) is 0 Å². The molecule has 51 heavy (non-hydrogen) atoms. The Kier molecular flexibility index (Phi) is 6.02. The van der Waals surface area contributed by atoms with Crippen molar-refractivity contribution in [3.8, 4) is 33.4 Å². The van der Waals surface area contributed by atoms with E-state index in [9.17, 15) is 0 Å². The first-order valence-corrected chi connectivity index (χ1v) is 17.6. The second kappa shape index (κ2) is 10.9. The molecule has 0 atom stereocenters. The number of furan rings is 1. The number of fused-ring (bicyclic) bond motifs is 11. The molecule has 11 rings (SSSR count). The fourth-order valence-corrected chi connectivity index (χ4v) is 8.56. The van der Waals surface area contributed by atoms with E-state index >= 15 is 0 Å². The Hall–Kier alpha value is -6.70. The van der Waals surface area contributed by atoms with Gasteiger partial charge in [-0.2, -0.15) is 0 Å². The van der Waals surface area contributed by atoms with Crippen molar-refractivity contribution >= 4 is 75.8 Å². The molecular weight excluding hydrogens is 617 g/mol. The van der Waals surface area contributed by atoms with Crippen LogP contribution in [0.3, 0.4) is 0 Å². The molecule has 1 aromatic heterocycles. The van der Waals surface area contributed by atoms with Crippen molar-refractivity contribution in [3.05, 3.63) is 182 Å². The van der Waals surface area contributed by atoms with Gasteiger partial charge in [-0.25, -0.2) is 0 Å². The van der Waals surface area contributed by atoms with E-state index < -0.39 is 0 Å². The summed E-state index contributed by atoms with van der Waals surface area (Å²) in [6.07, 6.45) is 0. The molecule has 1 nitrogen and oxygen atoms in total. The van der Waals surface area contributed by atoms with Gasteiger partial charge in [0, 0.05) is 10.8 Å². The van der Waals surface area contributed by atoms with Crippen molar-refractivity contribution in [2.45, 2.75) is 0 Å². The molecule has 0 N–H and O–H groups in total. The number of benzene rings is 10. The summed E-state index contributed by atoms with van der Waals surface area (Å²) in [5, 5.41) is 14.8. The minimum absolute atomic E-state index is 0.924. The minimum atomic E-state index is 0.924. The molecule has 0 saturated heterocycles. The maximum Gasteiger partial charge on any atom is 0.136 e. The summed E-state index contributed by atoms with van der Waals surface area (Å²) in [5.41, 5.74) is 9.29. The summed E-state index contributed by atoms with van der Waals surface area (Å²) in [5.74, 6) is 0. The average Bonchev–Trinajstić information content (AvgIpc) is 3.57. The van der Waals surface area contributed by atoms with Gasteiger partial charge in [0.05, 0.1) is 0 Å².